The van der Waals surface area contributed by atoms with E-state index in [9.17, 15) is 9.59 Å². The summed E-state index contributed by atoms with van der Waals surface area (Å²) in [7, 11) is 0. The van der Waals surface area contributed by atoms with Crippen LogP contribution in [0.2, 0.25) is 0 Å². The zero-order valence-corrected chi connectivity index (χ0v) is 17.3. The van der Waals surface area contributed by atoms with Crippen molar-refractivity contribution in [3.8, 4) is 0 Å². The molecule has 2 atom stereocenters. The zero-order chi connectivity index (χ0) is 21.3. The van der Waals surface area contributed by atoms with Crippen LogP contribution in [0, 0.1) is 13.8 Å². The van der Waals surface area contributed by atoms with Gasteiger partial charge in [-0.25, -0.2) is 9.50 Å². The number of nitrogens with one attached hydrogen (secondary N) is 2. The molecule has 0 bridgehead atoms. The summed E-state index contributed by atoms with van der Waals surface area (Å²) in [6, 6.07) is 9.56. The Kier molecular flexibility index (Phi) is 5.50. The molecule has 1 fully saturated rings. The average Bonchev–Trinajstić information content (AvgIpc) is 3.12. The minimum Gasteiger partial charge on any atom is -0.373 e. The third-order valence-electron chi connectivity index (χ3n) is 5.27. The maximum Gasteiger partial charge on any atom is 0.261 e. The predicted molar refractivity (Wildman–Crippen MR) is 112 cm³/mol. The second-order valence-electron chi connectivity index (χ2n) is 7.66. The van der Waals surface area contributed by atoms with Gasteiger partial charge in [0.05, 0.1) is 12.3 Å². The second-order valence-corrected chi connectivity index (χ2v) is 7.66. The fourth-order valence-corrected chi connectivity index (χ4v) is 3.94. The molecule has 30 heavy (non-hydrogen) atoms. The number of benzene rings is 1. The first-order chi connectivity index (χ1) is 14.4. The Morgan fingerprint density at radius 3 is 2.83 bits per heavy atom. The van der Waals surface area contributed by atoms with Gasteiger partial charge in [0.2, 0.25) is 5.91 Å². The fraction of sp³-hybridized carbons (Fsp3) is 0.364. The van der Waals surface area contributed by atoms with Gasteiger partial charge < -0.3 is 15.4 Å². The summed E-state index contributed by atoms with van der Waals surface area (Å²) in [5.41, 5.74) is 4.25. The molecule has 0 saturated carbocycles. The number of nitrogens with zero attached hydrogens (tertiary/aromatic N) is 3. The Bertz CT molecular complexity index is 1110. The standard InChI is InChI=1S/C22H25N5O3/c1-13-10-14(2)27-21(24-13)18(12-23-27)22(29)26-19-7-5-4-6-17(19)20-11-16(8-9-30-20)25-15(3)28/h4-7,10,12,16,20H,8-9,11H2,1-3H3,(H,25,28)(H,26,29)/t16-,20+/m1/s1. The minimum atomic E-state index is -0.274. The van der Waals surface area contributed by atoms with Crippen LogP contribution in [0.5, 0.6) is 0 Å². The molecule has 3 heterocycles. The molecule has 8 heteroatoms. The molecule has 8 nitrogen and oxygen atoms in total. The molecule has 1 aliphatic heterocycles. The van der Waals surface area contributed by atoms with Gasteiger partial charge in [0, 0.05) is 42.2 Å². The number of hydrogen-bond acceptors (Lipinski definition) is 5. The van der Waals surface area contributed by atoms with Crippen LogP contribution in [0.1, 0.15) is 53.2 Å². The Morgan fingerprint density at radius 1 is 1.23 bits per heavy atom. The largest absolute Gasteiger partial charge is 0.373 e. The molecular formula is C22H25N5O3. The van der Waals surface area contributed by atoms with Crippen molar-refractivity contribution in [2.45, 2.75) is 45.8 Å². The molecule has 1 saturated heterocycles. The first-order valence-corrected chi connectivity index (χ1v) is 10.0. The summed E-state index contributed by atoms with van der Waals surface area (Å²) in [5.74, 6) is -0.322. The molecule has 1 aromatic carbocycles. The van der Waals surface area contributed by atoms with Gasteiger partial charge in [0.25, 0.3) is 5.91 Å². The lowest BCUT2D eigenvalue weighted by Gasteiger charge is -2.31. The molecule has 2 aromatic heterocycles. The van der Waals surface area contributed by atoms with Crippen molar-refractivity contribution < 1.29 is 14.3 Å². The molecular weight excluding hydrogens is 382 g/mol. The van der Waals surface area contributed by atoms with Crippen molar-refractivity contribution in [2.75, 3.05) is 11.9 Å². The summed E-state index contributed by atoms with van der Waals surface area (Å²) >= 11 is 0. The van der Waals surface area contributed by atoms with Crippen molar-refractivity contribution in [1.29, 1.82) is 0 Å². The van der Waals surface area contributed by atoms with Crippen molar-refractivity contribution in [3.05, 3.63) is 59.0 Å². The van der Waals surface area contributed by atoms with Crippen LogP contribution in [-0.2, 0) is 9.53 Å². The van der Waals surface area contributed by atoms with E-state index in [2.05, 4.69) is 20.7 Å². The highest BCUT2D eigenvalue weighted by molar-refractivity contribution is 6.08. The van der Waals surface area contributed by atoms with E-state index in [1.807, 2.05) is 44.2 Å². The molecule has 0 aliphatic carbocycles. The van der Waals surface area contributed by atoms with Crippen LogP contribution in [0.3, 0.4) is 0 Å². The van der Waals surface area contributed by atoms with Gasteiger partial charge in [-0.05, 0) is 38.8 Å². The number of carbonyl (C=O) groups is 2. The highest BCUT2D eigenvalue weighted by atomic mass is 16.5. The lowest BCUT2D eigenvalue weighted by molar-refractivity contribution is -0.120. The summed E-state index contributed by atoms with van der Waals surface area (Å²) in [6.07, 6.45) is 2.76. The van der Waals surface area contributed by atoms with Crippen molar-refractivity contribution in [1.82, 2.24) is 19.9 Å². The number of ether oxygens (including phenoxy) is 1. The van der Waals surface area contributed by atoms with E-state index in [1.165, 1.54) is 13.1 Å². The number of rotatable bonds is 4. The van der Waals surface area contributed by atoms with Crippen molar-refractivity contribution in [3.63, 3.8) is 0 Å². The number of amides is 2. The van der Waals surface area contributed by atoms with Crippen molar-refractivity contribution in [2.24, 2.45) is 0 Å². The van der Waals surface area contributed by atoms with E-state index in [0.717, 1.165) is 23.4 Å². The fourth-order valence-electron chi connectivity index (χ4n) is 3.94. The van der Waals surface area contributed by atoms with Gasteiger partial charge in [-0.2, -0.15) is 5.10 Å². The van der Waals surface area contributed by atoms with Crippen LogP contribution in [-0.4, -0.2) is 39.1 Å². The lowest BCUT2D eigenvalue weighted by atomic mass is 9.96. The monoisotopic (exact) mass is 407 g/mol. The highest BCUT2D eigenvalue weighted by Crippen LogP contribution is 2.33. The number of fused-ring (bicyclic) bond motifs is 1. The topological polar surface area (TPSA) is 97.6 Å². The molecule has 0 radical (unpaired) electrons. The molecule has 2 N–H and O–H groups in total. The van der Waals surface area contributed by atoms with E-state index < -0.39 is 0 Å². The summed E-state index contributed by atoms with van der Waals surface area (Å²) in [6.45, 7) is 5.89. The smallest absolute Gasteiger partial charge is 0.261 e. The van der Waals surface area contributed by atoms with Crippen LogP contribution in [0.4, 0.5) is 5.69 Å². The molecule has 1 aliphatic rings. The molecule has 2 amide bonds. The SMILES string of the molecule is CC(=O)N[C@@H]1CCO[C@H](c2ccccc2NC(=O)c2cnn3c(C)cc(C)nc23)C1. The Hall–Kier alpha value is -3.26. The third kappa shape index (κ3) is 4.04. The Morgan fingerprint density at radius 2 is 2.03 bits per heavy atom. The van der Waals surface area contributed by atoms with Crippen LogP contribution >= 0.6 is 0 Å². The number of anilines is 1. The van der Waals surface area contributed by atoms with Gasteiger partial charge in [-0.15, -0.1) is 0 Å². The normalized spacial score (nSPS) is 18.9. The number of aromatic nitrogens is 3. The molecule has 4 rings (SSSR count). The summed E-state index contributed by atoms with van der Waals surface area (Å²) in [5, 5.41) is 10.3. The number of hydrogen-bond donors (Lipinski definition) is 2. The van der Waals surface area contributed by atoms with Gasteiger partial charge in [-0.1, -0.05) is 18.2 Å². The third-order valence-corrected chi connectivity index (χ3v) is 5.27. The molecule has 3 aromatic rings. The first kappa shape index (κ1) is 20.0. The lowest BCUT2D eigenvalue weighted by Crippen LogP contribution is -2.38. The molecule has 0 spiro atoms. The quantitative estimate of drug-likeness (QED) is 0.693. The summed E-state index contributed by atoms with van der Waals surface area (Å²) in [4.78, 5) is 29.0. The zero-order valence-electron chi connectivity index (χ0n) is 17.3. The van der Waals surface area contributed by atoms with E-state index in [0.29, 0.717) is 29.9 Å². The van der Waals surface area contributed by atoms with Gasteiger partial charge in [0.1, 0.15) is 5.56 Å². The highest BCUT2D eigenvalue weighted by Gasteiger charge is 2.27. The van der Waals surface area contributed by atoms with Crippen LogP contribution in [0.15, 0.2) is 36.5 Å². The maximum absolute atomic E-state index is 13.1. The summed E-state index contributed by atoms with van der Waals surface area (Å²) < 4.78 is 7.62. The van der Waals surface area contributed by atoms with Crippen molar-refractivity contribution >= 4 is 23.1 Å². The number of para-hydroxylation sites is 1. The average molecular weight is 407 g/mol. The Balaban J connectivity index is 1.59. The van der Waals surface area contributed by atoms with E-state index in [1.54, 1.807) is 4.52 Å². The van der Waals surface area contributed by atoms with Gasteiger partial charge in [-0.3, -0.25) is 9.59 Å². The van der Waals surface area contributed by atoms with E-state index in [-0.39, 0.29) is 24.0 Å². The predicted octanol–water partition coefficient (Wildman–Crippen LogP) is 2.95. The van der Waals surface area contributed by atoms with Gasteiger partial charge >= 0.3 is 0 Å². The van der Waals surface area contributed by atoms with Crippen LogP contribution < -0.4 is 10.6 Å². The number of aryl methyl sites for hydroxylation is 2. The van der Waals surface area contributed by atoms with Gasteiger partial charge in [0.15, 0.2) is 5.65 Å². The molecule has 156 valence electrons. The first-order valence-electron chi connectivity index (χ1n) is 10.0. The second kappa shape index (κ2) is 8.23. The minimum absolute atomic E-state index is 0.0478. The maximum atomic E-state index is 13.1. The van der Waals surface area contributed by atoms with E-state index in [4.69, 9.17) is 4.74 Å². The van der Waals surface area contributed by atoms with Crippen LogP contribution in [0.25, 0.3) is 5.65 Å². The number of carbonyl (C=O) groups excluding carboxylic acids is 2. The van der Waals surface area contributed by atoms with E-state index >= 15 is 0 Å². The molecule has 0 unspecified atom stereocenters. The Labute approximate surface area is 174 Å².